The van der Waals surface area contributed by atoms with Crippen LogP contribution in [-0.4, -0.2) is 38.8 Å². The maximum atomic E-state index is 14.0. The van der Waals surface area contributed by atoms with Crippen molar-refractivity contribution in [1.29, 1.82) is 0 Å². The minimum atomic E-state index is -0.169. The molecule has 3 aromatic rings. The first-order valence-corrected chi connectivity index (χ1v) is 9.39. The van der Waals surface area contributed by atoms with Crippen LogP contribution in [0.4, 0.5) is 15.8 Å². The van der Waals surface area contributed by atoms with Crippen molar-refractivity contribution in [3.63, 3.8) is 0 Å². The van der Waals surface area contributed by atoms with E-state index in [-0.39, 0.29) is 11.7 Å². The van der Waals surface area contributed by atoms with Crippen LogP contribution in [-0.2, 0) is 0 Å². The summed E-state index contributed by atoms with van der Waals surface area (Å²) >= 11 is 0. The van der Waals surface area contributed by atoms with Gasteiger partial charge in [-0.15, -0.1) is 0 Å². The van der Waals surface area contributed by atoms with Gasteiger partial charge in [0.05, 0.1) is 43.1 Å². The molecule has 1 saturated heterocycles. The molecule has 5 rings (SSSR count). The quantitative estimate of drug-likeness (QED) is 0.774. The Morgan fingerprint density at radius 2 is 1.59 bits per heavy atom. The standard InChI is InChI=1S/C22H20FN3O/c23-18-8-1-2-9-19(18)25-13-11-24(12-14-25)15-26-20-10-4-6-16-5-3-7-17(21(16)20)22(26)27/h1-10H,11-15H2/p+1. The van der Waals surface area contributed by atoms with Crippen LogP contribution in [0.1, 0.15) is 10.4 Å². The molecule has 0 unspecified atom stereocenters. The van der Waals surface area contributed by atoms with E-state index in [1.165, 1.54) is 11.0 Å². The van der Waals surface area contributed by atoms with E-state index in [1.807, 2.05) is 41.3 Å². The fraction of sp³-hybridized carbons (Fsp3) is 0.227. The predicted molar refractivity (Wildman–Crippen MR) is 105 cm³/mol. The number of halogens is 1. The zero-order valence-electron chi connectivity index (χ0n) is 15.0. The maximum absolute atomic E-state index is 14.0. The average molecular weight is 362 g/mol. The van der Waals surface area contributed by atoms with Crippen LogP contribution in [0, 0.1) is 5.82 Å². The number of anilines is 2. The lowest BCUT2D eigenvalue weighted by atomic mass is 10.1. The van der Waals surface area contributed by atoms with Gasteiger partial charge in [0.25, 0.3) is 5.91 Å². The smallest absolute Gasteiger partial charge is 0.263 e. The van der Waals surface area contributed by atoms with E-state index in [1.54, 1.807) is 6.07 Å². The van der Waals surface area contributed by atoms with Gasteiger partial charge in [0.15, 0.2) is 6.67 Å². The molecule has 0 radical (unpaired) electrons. The molecule has 0 atom stereocenters. The minimum absolute atomic E-state index is 0.0887. The van der Waals surface area contributed by atoms with Crippen molar-refractivity contribution in [3.8, 4) is 0 Å². The molecule has 1 fully saturated rings. The zero-order valence-corrected chi connectivity index (χ0v) is 15.0. The summed E-state index contributed by atoms with van der Waals surface area (Å²) in [5.74, 6) is -0.0800. The Morgan fingerprint density at radius 1 is 0.889 bits per heavy atom. The Bertz CT molecular complexity index is 1020. The van der Waals surface area contributed by atoms with Gasteiger partial charge < -0.3 is 9.80 Å². The van der Waals surface area contributed by atoms with E-state index < -0.39 is 0 Å². The van der Waals surface area contributed by atoms with Crippen molar-refractivity contribution in [2.24, 2.45) is 0 Å². The first-order chi connectivity index (χ1) is 13.2. The fourth-order valence-corrected chi connectivity index (χ4v) is 4.29. The molecule has 2 aliphatic heterocycles. The second-order valence-electron chi connectivity index (χ2n) is 7.26. The molecule has 0 bridgehead atoms. The van der Waals surface area contributed by atoms with Crippen LogP contribution in [0.2, 0.25) is 0 Å². The number of nitrogens with zero attached hydrogens (tertiary/aromatic N) is 2. The van der Waals surface area contributed by atoms with Crippen LogP contribution in [0.15, 0.2) is 60.7 Å². The molecule has 0 aromatic heterocycles. The van der Waals surface area contributed by atoms with E-state index in [0.717, 1.165) is 48.2 Å². The van der Waals surface area contributed by atoms with Gasteiger partial charge in [0.1, 0.15) is 5.82 Å². The van der Waals surface area contributed by atoms with Gasteiger partial charge in [-0.25, -0.2) is 4.39 Å². The number of quaternary nitrogens is 1. The van der Waals surface area contributed by atoms with Crippen LogP contribution in [0.25, 0.3) is 10.8 Å². The molecule has 4 nitrogen and oxygen atoms in total. The zero-order chi connectivity index (χ0) is 18.4. The predicted octanol–water partition coefficient (Wildman–Crippen LogP) is 2.30. The fourth-order valence-electron chi connectivity index (χ4n) is 4.29. The van der Waals surface area contributed by atoms with E-state index in [0.29, 0.717) is 12.4 Å². The topological polar surface area (TPSA) is 28.0 Å². The molecule has 3 aromatic carbocycles. The number of carbonyl (C=O) groups excluding carboxylic acids is 1. The molecule has 1 N–H and O–H groups in total. The molecule has 5 heteroatoms. The van der Waals surface area contributed by atoms with E-state index in [2.05, 4.69) is 17.0 Å². The van der Waals surface area contributed by atoms with E-state index >= 15 is 0 Å². The van der Waals surface area contributed by atoms with Crippen molar-refractivity contribution in [2.75, 3.05) is 42.6 Å². The monoisotopic (exact) mass is 362 g/mol. The molecule has 2 heterocycles. The van der Waals surface area contributed by atoms with Gasteiger partial charge in [-0.05, 0) is 29.7 Å². The summed E-state index contributed by atoms with van der Waals surface area (Å²) in [6, 6.07) is 19.0. The molecular formula is C22H21FN3O+. The Labute approximate surface area is 157 Å². The number of carbonyl (C=O) groups is 1. The van der Waals surface area contributed by atoms with E-state index in [9.17, 15) is 9.18 Å². The molecule has 0 spiro atoms. The largest absolute Gasteiger partial charge is 0.358 e. The van der Waals surface area contributed by atoms with E-state index in [4.69, 9.17) is 0 Å². The third kappa shape index (κ3) is 2.66. The number of piperazine rings is 1. The Morgan fingerprint density at radius 3 is 2.37 bits per heavy atom. The number of hydrogen-bond donors (Lipinski definition) is 1. The highest BCUT2D eigenvalue weighted by molar-refractivity contribution is 6.24. The average Bonchev–Trinajstić information content (AvgIpc) is 2.97. The van der Waals surface area contributed by atoms with Gasteiger partial charge in [-0.2, -0.15) is 0 Å². The summed E-state index contributed by atoms with van der Waals surface area (Å²) < 4.78 is 14.0. The normalized spacial score (nSPS) is 17.1. The molecular weight excluding hydrogens is 341 g/mol. The number of rotatable bonds is 3. The lowest BCUT2D eigenvalue weighted by molar-refractivity contribution is -0.899. The molecule has 27 heavy (non-hydrogen) atoms. The highest BCUT2D eigenvalue weighted by Gasteiger charge is 2.33. The molecule has 136 valence electrons. The highest BCUT2D eigenvalue weighted by atomic mass is 19.1. The summed E-state index contributed by atoms with van der Waals surface area (Å²) in [7, 11) is 0. The summed E-state index contributed by atoms with van der Waals surface area (Å²) in [5, 5.41) is 2.18. The van der Waals surface area contributed by atoms with Crippen LogP contribution >= 0.6 is 0 Å². The first kappa shape index (κ1) is 16.3. The lowest BCUT2D eigenvalue weighted by Gasteiger charge is -2.35. The van der Waals surface area contributed by atoms with Crippen molar-refractivity contribution in [3.05, 3.63) is 72.0 Å². The summed E-state index contributed by atoms with van der Waals surface area (Å²) in [5.41, 5.74) is 2.48. The SMILES string of the molecule is O=C1c2cccc3cccc(c23)N1C[NH+]1CCN(c2ccccc2F)CC1. The third-order valence-electron chi connectivity index (χ3n) is 5.69. The second-order valence-corrected chi connectivity index (χ2v) is 7.26. The van der Waals surface area contributed by atoms with Crippen LogP contribution < -0.4 is 14.7 Å². The van der Waals surface area contributed by atoms with Crippen LogP contribution in [0.5, 0.6) is 0 Å². The van der Waals surface area contributed by atoms with Gasteiger partial charge >= 0.3 is 0 Å². The number of nitrogens with one attached hydrogen (secondary N) is 1. The Balaban J connectivity index is 1.33. The third-order valence-corrected chi connectivity index (χ3v) is 5.69. The molecule has 2 aliphatic rings. The Hall–Kier alpha value is -2.92. The summed E-state index contributed by atoms with van der Waals surface area (Å²) in [6.07, 6.45) is 0. The highest BCUT2D eigenvalue weighted by Crippen LogP contribution is 2.36. The number of amides is 1. The lowest BCUT2D eigenvalue weighted by Crippen LogP contribution is -3.16. The van der Waals surface area contributed by atoms with Gasteiger partial charge in [-0.3, -0.25) is 9.69 Å². The maximum Gasteiger partial charge on any atom is 0.263 e. The number of para-hydroxylation sites is 1. The second kappa shape index (κ2) is 6.35. The van der Waals surface area contributed by atoms with Gasteiger partial charge in [0, 0.05) is 5.39 Å². The number of benzene rings is 3. The van der Waals surface area contributed by atoms with Gasteiger partial charge in [-0.1, -0.05) is 36.4 Å². The minimum Gasteiger partial charge on any atom is -0.358 e. The summed E-state index contributed by atoms with van der Waals surface area (Å²) in [6.45, 7) is 3.98. The van der Waals surface area contributed by atoms with Gasteiger partial charge in [0.2, 0.25) is 0 Å². The van der Waals surface area contributed by atoms with Crippen molar-refractivity contribution in [2.45, 2.75) is 0 Å². The van der Waals surface area contributed by atoms with Crippen LogP contribution in [0.3, 0.4) is 0 Å². The molecule has 0 aliphatic carbocycles. The van der Waals surface area contributed by atoms with Crippen molar-refractivity contribution >= 4 is 28.1 Å². The first-order valence-electron chi connectivity index (χ1n) is 9.39. The summed E-state index contributed by atoms with van der Waals surface area (Å²) in [4.78, 5) is 18.3. The van der Waals surface area contributed by atoms with Crippen molar-refractivity contribution < 1.29 is 14.1 Å². The molecule has 0 saturated carbocycles. The number of hydrogen-bond acceptors (Lipinski definition) is 2. The molecule has 1 amide bonds. The Kier molecular flexibility index (Phi) is 3.83. The van der Waals surface area contributed by atoms with Crippen molar-refractivity contribution in [1.82, 2.24) is 0 Å².